The van der Waals surface area contributed by atoms with Crippen LogP contribution in [0.15, 0.2) is 78.9 Å². The Bertz CT molecular complexity index is 1250. The normalized spacial score (nSPS) is 15.0. The molecule has 166 valence electrons. The minimum absolute atomic E-state index is 0.0639. The third kappa shape index (κ3) is 4.12. The number of nitrogens with zero attached hydrogens (tertiary/aromatic N) is 2. The molecule has 0 aliphatic carbocycles. The molecule has 6 heteroatoms. The zero-order valence-electron chi connectivity index (χ0n) is 18.3. The molecule has 33 heavy (non-hydrogen) atoms. The van der Waals surface area contributed by atoms with Gasteiger partial charge in [0, 0.05) is 22.7 Å². The van der Waals surface area contributed by atoms with E-state index in [1.165, 1.54) is 0 Å². The van der Waals surface area contributed by atoms with Crippen LogP contribution < -0.4 is 4.74 Å². The summed E-state index contributed by atoms with van der Waals surface area (Å²) in [6.07, 6.45) is 0.951. The van der Waals surface area contributed by atoms with Crippen molar-refractivity contribution in [1.29, 1.82) is 0 Å². The molecule has 5 nitrogen and oxygen atoms in total. The van der Waals surface area contributed by atoms with Gasteiger partial charge in [0.1, 0.15) is 11.4 Å². The second-order valence-corrected chi connectivity index (χ2v) is 8.54. The van der Waals surface area contributed by atoms with Crippen LogP contribution in [0.2, 0.25) is 5.02 Å². The predicted molar refractivity (Wildman–Crippen MR) is 129 cm³/mol. The Balaban J connectivity index is 1.57. The maximum atomic E-state index is 13.5. The Hall–Kier alpha value is -3.57. The highest BCUT2D eigenvalue weighted by molar-refractivity contribution is 6.30. The van der Waals surface area contributed by atoms with Crippen LogP contribution in [-0.2, 0) is 6.54 Å². The van der Waals surface area contributed by atoms with E-state index in [0.717, 1.165) is 40.1 Å². The minimum Gasteiger partial charge on any atom is -0.494 e. The summed E-state index contributed by atoms with van der Waals surface area (Å²) in [4.78, 5) is 15.4. The van der Waals surface area contributed by atoms with E-state index in [-0.39, 0.29) is 11.9 Å². The summed E-state index contributed by atoms with van der Waals surface area (Å²) in [5.74, 6) is 0.760. The number of carbonyl (C=O) groups is 1. The topological polar surface area (TPSA) is 58.2 Å². The maximum absolute atomic E-state index is 13.5. The first-order valence-electron chi connectivity index (χ1n) is 11.1. The van der Waals surface area contributed by atoms with E-state index in [9.17, 15) is 4.79 Å². The Morgan fingerprint density at radius 1 is 1.00 bits per heavy atom. The second kappa shape index (κ2) is 9.12. The number of benzene rings is 3. The molecule has 1 aliphatic heterocycles. The van der Waals surface area contributed by atoms with E-state index in [1.807, 2.05) is 83.8 Å². The molecule has 0 saturated heterocycles. The van der Waals surface area contributed by atoms with Crippen LogP contribution >= 0.6 is 11.6 Å². The number of nitrogens with one attached hydrogen (secondary N) is 1. The molecule has 1 N–H and O–H groups in total. The quantitative estimate of drug-likeness (QED) is 0.356. The monoisotopic (exact) mass is 457 g/mol. The van der Waals surface area contributed by atoms with Gasteiger partial charge in [-0.2, -0.15) is 5.10 Å². The van der Waals surface area contributed by atoms with Gasteiger partial charge in [0.25, 0.3) is 5.91 Å². The summed E-state index contributed by atoms with van der Waals surface area (Å²) in [5.41, 5.74) is 5.25. The molecule has 3 aromatic carbocycles. The first kappa shape index (κ1) is 21.3. The number of halogens is 1. The van der Waals surface area contributed by atoms with E-state index in [1.54, 1.807) is 0 Å². The molecule has 5 rings (SSSR count). The van der Waals surface area contributed by atoms with Gasteiger partial charge in [0.05, 0.1) is 18.3 Å². The van der Waals surface area contributed by atoms with Crippen molar-refractivity contribution in [3.05, 3.63) is 106 Å². The van der Waals surface area contributed by atoms with Crippen LogP contribution in [0.3, 0.4) is 0 Å². The molecule has 0 fully saturated rings. The van der Waals surface area contributed by atoms with Crippen LogP contribution in [0.25, 0.3) is 11.3 Å². The first-order chi connectivity index (χ1) is 16.2. The lowest BCUT2D eigenvalue weighted by atomic mass is 9.96. The molecule has 0 bridgehead atoms. The van der Waals surface area contributed by atoms with Crippen molar-refractivity contribution in [2.75, 3.05) is 6.61 Å². The van der Waals surface area contributed by atoms with E-state index in [0.29, 0.717) is 23.9 Å². The molecule has 0 radical (unpaired) electrons. The van der Waals surface area contributed by atoms with Crippen LogP contribution in [0, 0.1) is 0 Å². The number of amides is 1. The fourth-order valence-corrected chi connectivity index (χ4v) is 4.40. The van der Waals surface area contributed by atoms with Crippen LogP contribution in [0.1, 0.15) is 46.6 Å². The van der Waals surface area contributed by atoms with Gasteiger partial charge in [0.2, 0.25) is 0 Å². The third-order valence-electron chi connectivity index (χ3n) is 5.85. The number of H-pyrrole nitrogens is 1. The molecule has 0 spiro atoms. The van der Waals surface area contributed by atoms with Crippen LogP contribution in [0.4, 0.5) is 0 Å². The van der Waals surface area contributed by atoms with Gasteiger partial charge in [-0.3, -0.25) is 9.89 Å². The Morgan fingerprint density at radius 2 is 1.73 bits per heavy atom. The minimum atomic E-state index is -0.266. The summed E-state index contributed by atoms with van der Waals surface area (Å²) in [6.45, 7) is 3.22. The fourth-order valence-electron chi connectivity index (χ4n) is 4.28. The van der Waals surface area contributed by atoms with E-state index < -0.39 is 0 Å². The molecule has 0 saturated carbocycles. The summed E-state index contributed by atoms with van der Waals surface area (Å²) in [7, 11) is 0. The Morgan fingerprint density at radius 3 is 2.42 bits per heavy atom. The number of hydrogen-bond donors (Lipinski definition) is 1. The Kier molecular flexibility index (Phi) is 5.88. The predicted octanol–water partition coefficient (Wildman–Crippen LogP) is 6.26. The van der Waals surface area contributed by atoms with Crippen LogP contribution in [-0.4, -0.2) is 27.6 Å². The number of fused-ring (bicyclic) bond motifs is 1. The van der Waals surface area contributed by atoms with Gasteiger partial charge in [-0.25, -0.2) is 0 Å². The highest BCUT2D eigenvalue weighted by Crippen LogP contribution is 2.43. The lowest BCUT2D eigenvalue weighted by Gasteiger charge is -2.26. The van der Waals surface area contributed by atoms with Gasteiger partial charge >= 0.3 is 0 Å². The maximum Gasteiger partial charge on any atom is 0.273 e. The van der Waals surface area contributed by atoms with E-state index >= 15 is 0 Å². The van der Waals surface area contributed by atoms with Gasteiger partial charge in [-0.15, -0.1) is 0 Å². The third-order valence-corrected chi connectivity index (χ3v) is 6.10. The molecular weight excluding hydrogens is 434 g/mol. The number of rotatable bonds is 7. The standard InChI is InChI=1S/C27H24ClN3O2/c1-2-16-33-22-14-10-20(11-15-22)26-23-24(19-6-4-3-5-7-19)29-30-25(23)27(32)31(26)17-18-8-12-21(28)13-9-18/h3-15,26H,2,16-17H2,1H3,(H,29,30). The molecule has 4 aromatic rings. The highest BCUT2D eigenvalue weighted by Gasteiger charge is 2.42. The van der Waals surface area contributed by atoms with Crippen molar-refractivity contribution in [2.24, 2.45) is 0 Å². The number of aromatic nitrogens is 2. The average Bonchev–Trinajstić information content (AvgIpc) is 3.39. The lowest BCUT2D eigenvalue weighted by Crippen LogP contribution is -2.29. The SMILES string of the molecule is CCCOc1ccc(C2c3c(-c4ccccc4)n[nH]c3C(=O)N2Cc2ccc(Cl)cc2)cc1. The average molecular weight is 458 g/mol. The summed E-state index contributed by atoms with van der Waals surface area (Å²) < 4.78 is 5.76. The molecule has 1 aliphatic rings. The van der Waals surface area contributed by atoms with Crippen molar-refractivity contribution in [3.63, 3.8) is 0 Å². The Labute approximate surface area is 198 Å². The number of aromatic amines is 1. The highest BCUT2D eigenvalue weighted by atomic mass is 35.5. The summed E-state index contributed by atoms with van der Waals surface area (Å²) in [5, 5.41) is 8.21. The fraction of sp³-hybridized carbons (Fsp3) is 0.185. The summed E-state index contributed by atoms with van der Waals surface area (Å²) >= 11 is 6.07. The second-order valence-electron chi connectivity index (χ2n) is 8.11. The largest absolute Gasteiger partial charge is 0.494 e. The van der Waals surface area contributed by atoms with Crippen molar-refractivity contribution in [1.82, 2.24) is 15.1 Å². The molecule has 1 atom stereocenters. The number of ether oxygens (including phenoxy) is 1. The van der Waals surface area contributed by atoms with Crippen molar-refractivity contribution in [3.8, 4) is 17.0 Å². The van der Waals surface area contributed by atoms with E-state index in [4.69, 9.17) is 16.3 Å². The van der Waals surface area contributed by atoms with Crippen molar-refractivity contribution in [2.45, 2.75) is 25.9 Å². The zero-order valence-corrected chi connectivity index (χ0v) is 19.0. The molecule has 1 aromatic heterocycles. The molecular formula is C27H24ClN3O2. The van der Waals surface area contributed by atoms with Gasteiger partial charge in [-0.1, -0.05) is 73.1 Å². The molecule has 1 amide bonds. The van der Waals surface area contributed by atoms with Gasteiger partial charge in [0.15, 0.2) is 0 Å². The van der Waals surface area contributed by atoms with E-state index in [2.05, 4.69) is 17.1 Å². The van der Waals surface area contributed by atoms with Gasteiger partial charge < -0.3 is 9.64 Å². The zero-order chi connectivity index (χ0) is 22.8. The lowest BCUT2D eigenvalue weighted by molar-refractivity contribution is 0.0730. The van der Waals surface area contributed by atoms with Gasteiger partial charge in [-0.05, 0) is 41.8 Å². The summed E-state index contributed by atoms with van der Waals surface area (Å²) in [6, 6.07) is 25.3. The first-order valence-corrected chi connectivity index (χ1v) is 11.5. The van der Waals surface area contributed by atoms with Crippen molar-refractivity contribution >= 4 is 17.5 Å². The number of hydrogen-bond acceptors (Lipinski definition) is 3. The molecule has 2 heterocycles. The smallest absolute Gasteiger partial charge is 0.273 e. The van der Waals surface area contributed by atoms with Crippen LogP contribution in [0.5, 0.6) is 5.75 Å². The van der Waals surface area contributed by atoms with Crippen molar-refractivity contribution < 1.29 is 9.53 Å². The number of carbonyl (C=O) groups excluding carboxylic acids is 1. The molecule has 1 unspecified atom stereocenters.